The predicted octanol–water partition coefficient (Wildman–Crippen LogP) is 5.27. The SMILES string of the molecule is C=C(/C=C/c1cc(Oc2cc(C(=O)Nc3cc(C)ccc3F)ccc2F)ccn1)C(=O)N1CCCC(O)C1. The number of carbonyl (C=O) groups is 2. The molecule has 2 amide bonds. The summed E-state index contributed by atoms with van der Waals surface area (Å²) in [5, 5.41) is 12.3. The van der Waals surface area contributed by atoms with Crippen molar-refractivity contribution in [1.82, 2.24) is 9.88 Å². The van der Waals surface area contributed by atoms with Crippen molar-refractivity contribution in [1.29, 1.82) is 0 Å². The summed E-state index contributed by atoms with van der Waals surface area (Å²) in [6.45, 7) is 6.41. The lowest BCUT2D eigenvalue weighted by Crippen LogP contribution is -2.42. The fourth-order valence-corrected chi connectivity index (χ4v) is 3.96. The van der Waals surface area contributed by atoms with Gasteiger partial charge in [-0.25, -0.2) is 8.78 Å². The van der Waals surface area contributed by atoms with Crippen LogP contribution in [0.2, 0.25) is 0 Å². The van der Waals surface area contributed by atoms with Gasteiger partial charge in [0, 0.05) is 36.5 Å². The van der Waals surface area contributed by atoms with Crippen LogP contribution in [0.1, 0.15) is 34.5 Å². The highest BCUT2D eigenvalue weighted by molar-refractivity contribution is 6.04. The van der Waals surface area contributed by atoms with Crippen LogP contribution in [0.4, 0.5) is 14.5 Å². The summed E-state index contributed by atoms with van der Waals surface area (Å²) in [5.74, 6) is -2.13. The number of piperidine rings is 1. The van der Waals surface area contributed by atoms with E-state index in [2.05, 4.69) is 16.9 Å². The van der Waals surface area contributed by atoms with Gasteiger partial charge in [0.05, 0.1) is 17.5 Å². The third kappa shape index (κ3) is 6.68. The predicted molar refractivity (Wildman–Crippen MR) is 140 cm³/mol. The number of aryl methyl sites for hydroxylation is 1. The van der Waals surface area contributed by atoms with Gasteiger partial charge in [0.15, 0.2) is 11.6 Å². The minimum absolute atomic E-state index is 0.0175. The Kier molecular flexibility index (Phi) is 8.28. The molecule has 0 aliphatic carbocycles. The molecule has 3 aromatic rings. The van der Waals surface area contributed by atoms with Gasteiger partial charge in [-0.3, -0.25) is 14.6 Å². The van der Waals surface area contributed by atoms with Gasteiger partial charge in [0.1, 0.15) is 11.6 Å². The molecule has 0 radical (unpaired) electrons. The normalized spacial score (nSPS) is 15.4. The first-order chi connectivity index (χ1) is 18.2. The van der Waals surface area contributed by atoms with Gasteiger partial charge >= 0.3 is 0 Å². The molecule has 196 valence electrons. The minimum Gasteiger partial charge on any atom is -0.454 e. The maximum Gasteiger partial charge on any atom is 0.255 e. The number of nitrogens with zero attached hydrogens (tertiary/aromatic N) is 2. The number of hydrogen-bond acceptors (Lipinski definition) is 5. The van der Waals surface area contributed by atoms with Crippen molar-refractivity contribution in [3.05, 3.63) is 101 Å². The van der Waals surface area contributed by atoms with Gasteiger partial charge in [-0.05, 0) is 73.9 Å². The van der Waals surface area contributed by atoms with Gasteiger partial charge in [0.2, 0.25) is 0 Å². The van der Waals surface area contributed by atoms with Crippen molar-refractivity contribution in [2.75, 3.05) is 18.4 Å². The van der Waals surface area contributed by atoms with E-state index in [4.69, 9.17) is 4.74 Å². The molecule has 9 heteroatoms. The molecule has 2 aromatic carbocycles. The van der Waals surface area contributed by atoms with Crippen molar-refractivity contribution < 1.29 is 28.2 Å². The van der Waals surface area contributed by atoms with Crippen LogP contribution in [0, 0.1) is 18.6 Å². The monoisotopic (exact) mass is 519 g/mol. The lowest BCUT2D eigenvalue weighted by atomic mass is 10.1. The summed E-state index contributed by atoms with van der Waals surface area (Å²) in [7, 11) is 0. The van der Waals surface area contributed by atoms with E-state index in [-0.39, 0.29) is 40.8 Å². The highest BCUT2D eigenvalue weighted by atomic mass is 19.1. The fourth-order valence-electron chi connectivity index (χ4n) is 3.96. The number of anilines is 1. The zero-order valence-corrected chi connectivity index (χ0v) is 20.8. The van der Waals surface area contributed by atoms with Crippen LogP contribution in [0.5, 0.6) is 11.5 Å². The molecule has 2 heterocycles. The number of likely N-dealkylation sites (tertiary alicyclic amines) is 1. The molecule has 1 atom stereocenters. The number of β-amino-alcohol motifs (C(OH)–C–C–N with tert-alkyl or cyclic N) is 1. The largest absolute Gasteiger partial charge is 0.454 e. The van der Waals surface area contributed by atoms with Crippen molar-refractivity contribution in [2.45, 2.75) is 25.9 Å². The van der Waals surface area contributed by atoms with E-state index in [1.807, 2.05) is 0 Å². The second-order valence-electron chi connectivity index (χ2n) is 9.01. The fraction of sp³-hybridized carbons (Fsp3) is 0.207. The maximum absolute atomic E-state index is 14.5. The van der Waals surface area contributed by atoms with Crippen molar-refractivity contribution in [2.24, 2.45) is 0 Å². The first-order valence-electron chi connectivity index (χ1n) is 12.0. The third-order valence-electron chi connectivity index (χ3n) is 5.96. The van der Waals surface area contributed by atoms with E-state index in [1.54, 1.807) is 24.0 Å². The topological polar surface area (TPSA) is 91.8 Å². The quantitative estimate of drug-likeness (QED) is 0.328. The van der Waals surface area contributed by atoms with Crippen molar-refractivity contribution in [3.8, 4) is 11.5 Å². The molecule has 7 nitrogen and oxygen atoms in total. The second-order valence-corrected chi connectivity index (χ2v) is 9.01. The number of pyridine rings is 1. The van der Waals surface area contributed by atoms with Crippen LogP contribution < -0.4 is 10.1 Å². The lowest BCUT2D eigenvalue weighted by Gasteiger charge is -2.30. The Hall–Kier alpha value is -4.37. The first-order valence-corrected chi connectivity index (χ1v) is 12.0. The van der Waals surface area contributed by atoms with Crippen LogP contribution in [0.25, 0.3) is 6.08 Å². The third-order valence-corrected chi connectivity index (χ3v) is 5.96. The first kappa shape index (κ1) is 26.7. The van der Waals surface area contributed by atoms with Crippen LogP contribution >= 0.6 is 0 Å². The van der Waals surface area contributed by atoms with E-state index < -0.39 is 23.6 Å². The lowest BCUT2D eigenvalue weighted by molar-refractivity contribution is -0.129. The number of ether oxygens (including phenoxy) is 1. The molecule has 1 aliphatic rings. The molecule has 1 saturated heterocycles. The molecule has 0 spiro atoms. The molecule has 0 saturated carbocycles. The Labute approximate surface area is 219 Å². The number of halogens is 2. The number of aromatic nitrogens is 1. The van der Waals surface area contributed by atoms with E-state index in [0.717, 1.165) is 18.1 Å². The molecule has 1 unspecified atom stereocenters. The maximum atomic E-state index is 14.5. The van der Waals surface area contributed by atoms with Crippen molar-refractivity contribution in [3.63, 3.8) is 0 Å². The molecule has 1 aliphatic heterocycles. The molecule has 0 bridgehead atoms. The Morgan fingerprint density at radius 3 is 2.74 bits per heavy atom. The van der Waals surface area contributed by atoms with Gasteiger partial charge in [-0.15, -0.1) is 0 Å². The number of rotatable bonds is 7. The average molecular weight is 520 g/mol. The number of nitrogens with one attached hydrogen (secondary N) is 1. The van der Waals surface area contributed by atoms with Crippen LogP contribution in [-0.2, 0) is 4.79 Å². The minimum atomic E-state index is -0.695. The summed E-state index contributed by atoms with van der Waals surface area (Å²) in [5.41, 5.74) is 1.53. The summed E-state index contributed by atoms with van der Waals surface area (Å²) in [6, 6.07) is 11.0. The number of aliphatic hydroxyl groups excluding tert-OH is 1. The second kappa shape index (κ2) is 11.8. The van der Waals surface area contributed by atoms with Crippen molar-refractivity contribution >= 4 is 23.6 Å². The standard InChI is InChI=1S/C29H27F2N3O4/c1-18-5-9-24(30)26(14-18)33-28(36)20-7-10-25(31)27(15-20)38-23-11-12-32-21(16-23)8-6-19(2)29(37)34-13-3-4-22(35)17-34/h5-12,14-16,22,35H,2-4,13,17H2,1H3,(H,33,36)/b8-6+. The van der Waals surface area contributed by atoms with Crippen LogP contribution in [0.3, 0.4) is 0 Å². The Balaban J connectivity index is 1.44. The Bertz CT molecular complexity index is 1410. The highest BCUT2D eigenvalue weighted by Crippen LogP contribution is 2.27. The number of benzene rings is 2. The van der Waals surface area contributed by atoms with E-state index in [9.17, 15) is 23.5 Å². The van der Waals surface area contributed by atoms with Crippen LogP contribution in [0.15, 0.2) is 73.0 Å². The van der Waals surface area contributed by atoms with Crippen LogP contribution in [-0.4, -0.2) is 46.0 Å². The van der Waals surface area contributed by atoms with Gasteiger partial charge in [-0.2, -0.15) is 0 Å². The van der Waals surface area contributed by atoms with Gasteiger partial charge in [-0.1, -0.05) is 12.6 Å². The number of aliphatic hydroxyl groups is 1. The molecular weight excluding hydrogens is 492 g/mol. The number of carbonyl (C=O) groups excluding carboxylic acids is 2. The molecule has 2 N–H and O–H groups in total. The highest BCUT2D eigenvalue weighted by Gasteiger charge is 2.22. The van der Waals surface area contributed by atoms with E-state index in [1.165, 1.54) is 48.7 Å². The van der Waals surface area contributed by atoms with E-state index >= 15 is 0 Å². The average Bonchev–Trinajstić information content (AvgIpc) is 2.90. The van der Waals surface area contributed by atoms with Gasteiger partial charge in [0.25, 0.3) is 11.8 Å². The zero-order chi connectivity index (χ0) is 27.2. The summed E-state index contributed by atoms with van der Waals surface area (Å²) in [6.07, 6.45) is 5.41. The Morgan fingerprint density at radius 2 is 1.95 bits per heavy atom. The smallest absolute Gasteiger partial charge is 0.255 e. The molecule has 38 heavy (non-hydrogen) atoms. The molecular formula is C29H27F2N3O4. The Morgan fingerprint density at radius 1 is 1.16 bits per heavy atom. The molecule has 1 aromatic heterocycles. The van der Waals surface area contributed by atoms with E-state index in [0.29, 0.717) is 18.7 Å². The number of amides is 2. The zero-order valence-electron chi connectivity index (χ0n) is 20.8. The number of hydrogen-bond donors (Lipinski definition) is 2. The summed E-state index contributed by atoms with van der Waals surface area (Å²) in [4.78, 5) is 31.0. The molecule has 4 rings (SSSR count). The summed E-state index contributed by atoms with van der Waals surface area (Å²) < 4.78 is 34.2. The summed E-state index contributed by atoms with van der Waals surface area (Å²) >= 11 is 0. The molecule has 1 fully saturated rings. The van der Waals surface area contributed by atoms with Gasteiger partial charge < -0.3 is 20.1 Å².